The van der Waals surface area contributed by atoms with E-state index in [1.54, 1.807) is 0 Å². The van der Waals surface area contributed by atoms with Crippen LogP contribution in [-0.2, 0) is 9.53 Å². The first-order chi connectivity index (χ1) is 9.13. The highest BCUT2D eigenvalue weighted by atomic mass is 79.9. The Morgan fingerprint density at radius 1 is 1.26 bits per heavy atom. The van der Waals surface area contributed by atoms with Crippen molar-refractivity contribution in [3.05, 3.63) is 28.2 Å². The SMILES string of the molecule is CCOC(=O)CCCCCOc1cc(Br)ccc1C. The first-order valence-corrected chi connectivity index (χ1v) is 7.47. The van der Waals surface area contributed by atoms with Gasteiger partial charge in [-0.05, 0) is 50.8 Å². The summed E-state index contributed by atoms with van der Waals surface area (Å²) in [5.74, 6) is 0.811. The van der Waals surface area contributed by atoms with Crippen LogP contribution in [0.15, 0.2) is 22.7 Å². The molecule has 0 bridgehead atoms. The van der Waals surface area contributed by atoms with Crippen LogP contribution >= 0.6 is 15.9 Å². The average Bonchev–Trinajstić information content (AvgIpc) is 2.38. The maximum Gasteiger partial charge on any atom is 0.305 e. The summed E-state index contributed by atoms with van der Waals surface area (Å²) in [7, 11) is 0. The predicted molar refractivity (Wildman–Crippen MR) is 79.5 cm³/mol. The normalized spacial score (nSPS) is 10.3. The molecule has 19 heavy (non-hydrogen) atoms. The maximum absolute atomic E-state index is 11.1. The fourth-order valence-corrected chi connectivity index (χ4v) is 2.03. The molecule has 0 saturated heterocycles. The zero-order chi connectivity index (χ0) is 14.1. The van der Waals surface area contributed by atoms with Gasteiger partial charge in [0, 0.05) is 10.9 Å². The van der Waals surface area contributed by atoms with E-state index in [9.17, 15) is 4.79 Å². The van der Waals surface area contributed by atoms with Gasteiger partial charge in [-0.2, -0.15) is 0 Å². The molecule has 0 aliphatic rings. The largest absolute Gasteiger partial charge is 0.493 e. The maximum atomic E-state index is 11.1. The smallest absolute Gasteiger partial charge is 0.305 e. The van der Waals surface area contributed by atoms with E-state index in [-0.39, 0.29) is 5.97 Å². The minimum Gasteiger partial charge on any atom is -0.493 e. The van der Waals surface area contributed by atoms with Gasteiger partial charge in [0.05, 0.1) is 13.2 Å². The van der Waals surface area contributed by atoms with Gasteiger partial charge in [-0.1, -0.05) is 22.0 Å². The van der Waals surface area contributed by atoms with Gasteiger partial charge in [0.15, 0.2) is 0 Å². The lowest BCUT2D eigenvalue weighted by molar-refractivity contribution is -0.143. The molecule has 0 N–H and O–H groups in total. The molecule has 0 amide bonds. The van der Waals surface area contributed by atoms with Crippen LogP contribution in [0.2, 0.25) is 0 Å². The monoisotopic (exact) mass is 328 g/mol. The zero-order valence-electron chi connectivity index (χ0n) is 11.6. The van der Waals surface area contributed by atoms with E-state index in [2.05, 4.69) is 15.9 Å². The van der Waals surface area contributed by atoms with Gasteiger partial charge in [-0.3, -0.25) is 4.79 Å². The molecule has 0 aliphatic heterocycles. The highest BCUT2D eigenvalue weighted by Crippen LogP contribution is 2.23. The van der Waals surface area contributed by atoms with Gasteiger partial charge in [-0.15, -0.1) is 0 Å². The number of rotatable bonds is 8. The minimum absolute atomic E-state index is 0.105. The molecule has 0 unspecified atom stereocenters. The molecule has 0 saturated carbocycles. The summed E-state index contributed by atoms with van der Waals surface area (Å²) in [6.07, 6.45) is 3.29. The molecule has 0 heterocycles. The Morgan fingerprint density at radius 3 is 2.79 bits per heavy atom. The second-order valence-electron chi connectivity index (χ2n) is 4.37. The second-order valence-corrected chi connectivity index (χ2v) is 5.29. The number of aryl methyl sites for hydroxylation is 1. The van der Waals surface area contributed by atoms with Crippen molar-refractivity contribution in [1.82, 2.24) is 0 Å². The zero-order valence-corrected chi connectivity index (χ0v) is 13.2. The number of benzene rings is 1. The van der Waals surface area contributed by atoms with Crippen LogP contribution in [0.4, 0.5) is 0 Å². The molecule has 1 rings (SSSR count). The van der Waals surface area contributed by atoms with E-state index in [1.165, 1.54) is 0 Å². The number of hydrogen-bond donors (Lipinski definition) is 0. The number of unbranched alkanes of at least 4 members (excludes halogenated alkanes) is 2. The molecule has 0 aromatic heterocycles. The van der Waals surface area contributed by atoms with E-state index in [0.717, 1.165) is 35.0 Å². The molecule has 3 nitrogen and oxygen atoms in total. The fourth-order valence-electron chi connectivity index (χ4n) is 1.69. The van der Waals surface area contributed by atoms with Crippen LogP contribution < -0.4 is 4.74 Å². The molecule has 1 aromatic rings. The molecular weight excluding hydrogens is 308 g/mol. The minimum atomic E-state index is -0.105. The molecule has 106 valence electrons. The number of hydrogen-bond acceptors (Lipinski definition) is 3. The van der Waals surface area contributed by atoms with Gasteiger partial charge in [-0.25, -0.2) is 0 Å². The first kappa shape index (κ1) is 16.0. The molecule has 0 spiro atoms. The molecule has 0 radical (unpaired) electrons. The average molecular weight is 329 g/mol. The summed E-state index contributed by atoms with van der Waals surface area (Å²) in [4.78, 5) is 11.1. The fraction of sp³-hybridized carbons (Fsp3) is 0.533. The lowest BCUT2D eigenvalue weighted by atomic mass is 10.2. The predicted octanol–water partition coefficient (Wildman–Crippen LogP) is 4.26. The lowest BCUT2D eigenvalue weighted by Gasteiger charge is -2.09. The van der Waals surface area contributed by atoms with Crippen molar-refractivity contribution in [3.63, 3.8) is 0 Å². The van der Waals surface area contributed by atoms with E-state index in [1.807, 2.05) is 32.0 Å². The van der Waals surface area contributed by atoms with Crippen molar-refractivity contribution >= 4 is 21.9 Å². The Morgan fingerprint density at radius 2 is 2.05 bits per heavy atom. The van der Waals surface area contributed by atoms with Crippen LogP contribution in [0.5, 0.6) is 5.75 Å². The summed E-state index contributed by atoms with van der Waals surface area (Å²) >= 11 is 3.43. The third kappa shape index (κ3) is 6.62. The Hall–Kier alpha value is -1.03. The Balaban J connectivity index is 2.14. The van der Waals surface area contributed by atoms with Crippen molar-refractivity contribution in [2.75, 3.05) is 13.2 Å². The quantitative estimate of drug-likeness (QED) is 0.528. The van der Waals surface area contributed by atoms with E-state index < -0.39 is 0 Å². The topological polar surface area (TPSA) is 35.5 Å². The first-order valence-electron chi connectivity index (χ1n) is 6.68. The summed E-state index contributed by atoms with van der Waals surface area (Å²) in [5, 5.41) is 0. The number of halogens is 1. The molecule has 0 aliphatic carbocycles. The lowest BCUT2D eigenvalue weighted by Crippen LogP contribution is -2.04. The van der Waals surface area contributed by atoms with Crippen LogP contribution in [0, 0.1) is 6.92 Å². The van der Waals surface area contributed by atoms with E-state index >= 15 is 0 Å². The standard InChI is InChI=1S/C15H21BrO3/c1-3-18-15(17)7-5-4-6-10-19-14-11-13(16)9-8-12(14)2/h8-9,11H,3-7,10H2,1-2H3. The number of ether oxygens (including phenoxy) is 2. The van der Waals surface area contributed by atoms with E-state index in [4.69, 9.17) is 9.47 Å². The van der Waals surface area contributed by atoms with Gasteiger partial charge < -0.3 is 9.47 Å². The molecule has 4 heteroatoms. The van der Waals surface area contributed by atoms with Crippen LogP contribution in [0.3, 0.4) is 0 Å². The molecule has 1 aromatic carbocycles. The molecular formula is C15H21BrO3. The van der Waals surface area contributed by atoms with Crippen LogP contribution in [0.25, 0.3) is 0 Å². The number of carbonyl (C=O) groups is 1. The van der Waals surface area contributed by atoms with Crippen molar-refractivity contribution in [2.24, 2.45) is 0 Å². The highest BCUT2D eigenvalue weighted by Gasteiger charge is 2.02. The van der Waals surface area contributed by atoms with Crippen molar-refractivity contribution in [1.29, 1.82) is 0 Å². The summed E-state index contributed by atoms with van der Waals surface area (Å²) < 4.78 is 11.6. The van der Waals surface area contributed by atoms with Gasteiger partial charge in [0.2, 0.25) is 0 Å². The Labute approximate surface area is 123 Å². The molecule has 0 atom stereocenters. The van der Waals surface area contributed by atoms with Gasteiger partial charge in [0.25, 0.3) is 0 Å². The number of carbonyl (C=O) groups excluding carboxylic acids is 1. The summed E-state index contributed by atoms with van der Waals surface area (Å²) in [6.45, 7) is 5.00. The molecule has 0 fully saturated rings. The second kappa shape index (κ2) is 8.97. The van der Waals surface area contributed by atoms with Gasteiger partial charge in [0.1, 0.15) is 5.75 Å². The van der Waals surface area contributed by atoms with Crippen molar-refractivity contribution < 1.29 is 14.3 Å². The van der Waals surface area contributed by atoms with Crippen molar-refractivity contribution in [2.45, 2.75) is 39.5 Å². The third-order valence-corrected chi connectivity index (χ3v) is 3.23. The highest BCUT2D eigenvalue weighted by molar-refractivity contribution is 9.10. The van der Waals surface area contributed by atoms with E-state index in [0.29, 0.717) is 19.6 Å². The van der Waals surface area contributed by atoms with Crippen molar-refractivity contribution in [3.8, 4) is 5.75 Å². The number of esters is 1. The Kier molecular flexibility index (Phi) is 7.56. The Bertz CT molecular complexity index is 404. The summed E-state index contributed by atoms with van der Waals surface area (Å²) in [6, 6.07) is 6.01. The van der Waals surface area contributed by atoms with Crippen LogP contribution in [0.1, 0.15) is 38.2 Å². The third-order valence-electron chi connectivity index (χ3n) is 2.74. The van der Waals surface area contributed by atoms with Crippen LogP contribution in [-0.4, -0.2) is 19.2 Å². The van der Waals surface area contributed by atoms with Gasteiger partial charge >= 0.3 is 5.97 Å². The summed E-state index contributed by atoms with van der Waals surface area (Å²) in [5.41, 5.74) is 1.13.